The summed E-state index contributed by atoms with van der Waals surface area (Å²) < 4.78 is 18.5. The minimum atomic E-state index is 0.566. The largest absolute Gasteiger partial charge is 0.493 e. The summed E-state index contributed by atoms with van der Waals surface area (Å²) in [6, 6.07) is 10.4. The zero-order chi connectivity index (χ0) is 21.8. The van der Waals surface area contributed by atoms with Crippen LogP contribution in [-0.4, -0.2) is 20.3 Å². The Bertz CT molecular complexity index is 740. The van der Waals surface area contributed by atoms with E-state index in [2.05, 4.69) is 52.0 Å². The number of fused-ring (bicyclic) bond motifs is 1. The fraction of sp³-hybridized carbons (Fsp3) is 0.630. The maximum Gasteiger partial charge on any atom is 0.172 e. The average molecular weight is 415 g/mol. The van der Waals surface area contributed by atoms with Gasteiger partial charge in [-0.05, 0) is 42.2 Å². The monoisotopic (exact) mass is 414 g/mol. The van der Waals surface area contributed by atoms with Crippen molar-refractivity contribution in [3.05, 3.63) is 30.3 Å². The minimum Gasteiger partial charge on any atom is -0.493 e. The van der Waals surface area contributed by atoms with Gasteiger partial charge in [0.15, 0.2) is 11.5 Å². The molecule has 0 aromatic heterocycles. The van der Waals surface area contributed by atoms with Gasteiger partial charge >= 0.3 is 0 Å². The molecule has 0 spiro atoms. The first-order valence-electron chi connectivity index (χ1n) is 12.0. The standard InChI is InChI=1S/C27H42O3/c1-6-10-13-21(8-3)19-29-24-16-12-15-23-17-18-25(28-5)27(26(23)24)30-20-22(9-4)14-11-7-2/h12,15-18,21-22H,6-11,13-14,19-20H2,1-5H3. The van der Waals surface area contributed by atoms with Crippen LogP contribution in [0.1, 0.15) is 79.1 Å². The first-order chi connectivity index (χ1) is 14.7. The molecule has 2 rings (SSSR count). The van der Waals surface area contributed by atoms with Gasteiger partial charge in [-0.15, -0.1) is 0 Å². The highest BCUT2D eigenvalue weighted by atomic mass is 16.5. The van der Waals surface area contributed by atoms with Gasteiger partial charge in [-0.2, -0.15) is 0 Å². The van der Waals surface area contributed by atoms with Crippen LogP contribution in [0.15, 0.2) is 30.3 Å². The van der Waals surface area contributed by atoms with Crippen molar-refractivity contribution in [2.45, 2.75) is 79.1 Å². The van der Waals surface area contributed by atoms with Crippen LogP contribution in [0.2, 0.25) is 0 Å². The highest BCUT2D eigenvalue weighted by molar-refractivity contribution is 5.95. The van der Waals surface area contributed by atoms with Crippen LogP contribution in [-0.2, 0) is 0 Å². The number of unbranched alkanes of at least 4 members (excludes halogenated alkanes) is 2. The lowest BCUT2D eigenvalue weighted by molar-refractivity contribution is 0.222. The molecular weight excluding hydrogens is 372 g/mol. The molecule has 0 radical (unpaired) electrons. The van der Waals surface area contributed by atoms with Crippen LogP contribution < -0.4 is 14.2 Å². The van der Waals surface area contributed by atoms with Crippen molar-refractivity contribution in [3.63, 3.8) is 0 Å². The van der Waals surface area contributed by atoms with Gasteiger partial charge in [0, 0.05) is 0 Å². The Morgan fingerprint density at radius 1 is 0.733 bits per heavy atom. The Hall–Kier alpha value is -1.90. The van der Waals surface area contributed by atoms with E-state index < -0.39 is 0 Å². The Morgan fingerprint density at radius 3 is 1.93 bits per heavy atom. The van der Waals surface area contributed by atoms with Crippen molar-refractivity contribution in [3.8, 4) is 17.2 Å². The summed E-state index contributed by atoms with van der Waals surface area (Å²) in [5.41, 5.74) is 0. The van der Waals surface area contributed by atoms with Crippen molar-refractivity contribution in [1.82, 2.24) is 0 Å². The van der Waals surface area contributed by atoms with Crippen LogP contribution in [0, 0.1) is 11.8 Å². The quantitative estimate of drug-likeness (QED) is 0.295. The molecule has 2 unspecified atom stereocenters. The van der Waals surface area contributed by atoms with E-state index in [1.807, 2.05) is 6.07 Å². The first kappa shape index (κ1) is 24.4. The zero-order valence-electron chi connectivity index (χ0n) is 19.8. The van der Waals surface area contributed by atoms with Crippen LogP contribution in [0.4, 0.5) is 0 Å². The number of benzene rings is 2. The molecule has 0 aliphatic carbocycles. The van der Waals surface area contributed by atoms with E-state index in [4.69, 9.17) is 14.2 Å². The molecule has 0 aliphatic rings. The van der Waals surface area contributed by atoms with Crippen LogP contribution in [0.3, 0.4) is 0 Å². The predicted molar refractivity (Wildman–Crippen MR) is 128 cm³/mol. The number of methoxy groups -OCH3 is 1. The second-order valence-corrected chi connectivity index (χ2v) is 8.41. The summed E-state index contributed by atoms with van der Waals surface area (Å²) in [6.07, 6.45) is 9.67. The highest BCUT2D eigenvalue weighted by Gasteiger charge is 2.17. The van der Waals surface area contributed by atoms with Crippen molar-refractivity contribution in [2.75, 3.05) is 20.3 Å². The zero-order valence-corrected chi connectivity index (χ0v) is 19.8. The van der Waals surface area contributed by atoms with Crippen molar-refractivity contribution in [1.29, 1.82) is 0 Å². The van der Waals surface area contributed by atoms with Crippen molar-refractivity contribution in [2.24, 2.45) is 11.8 Å². The lowest BCUT2D eigenvalue weighted by atomic mass is 10.00. The molecule has 0 saturated heterocycles. The summed E-state index contributed by atoms with van der Waals surface area (Å²) in [5.74, 6) is 3.66. The van der Waals surface area contributed by atoms with E-state index in [0.717, 1.165) is 47.5 Å². The molecule has 0 bridgehead atoms. The normalized spacial score (nSPS) is 13.2. The molecular formula is C27H42O3. The van der Waals surface area contributed by atoms with Crippen LogP contribution in [0.25, 0.3) is 10.8 Å². The van der Waals surface area contributed by atoms with Gasteiger partial charge in [-0.25, -0.2) is 0 Å². The molecule has 0 fully saturated rings. The molecule has 2 aromatic rings. The molecule has 0 N–H and O–H groups in total. The SMILES string of the molecule is CCCCC(CC)COc1cccc2ccc(OC)c(OCC(CC)CCCC)c12. The molecule has 168 valence electrons. The van der Waals surface area contributed by atoms with E-state index in [1.54, 1.807) is 7.11 Å². The molecule has 0 aliphatic heterocycles. The van der Waals surface area contributed by atoms with E-state index in [-0.39, 0.29) is 0 Å². The summed E-state index contributed by atoms with van der Waals surface area (Å²) in [4.78, 5) is 0. The van der Waals surface area contributed by atoms with Crippen molar-refractivity contribution < 1.29 is 14.2 Å². The first-order valence-corrected chi connectivity index (χ1v) is 12.0. The Morgan fingerprint density at radius 2 is 1.37 bits per heavy atom. The number of hydrogen-bond donors (Lipinski definition) is 0. The van der Waals surface area contributed by atoms with Gasteiger partial charge in [0.1, 0.15) is 5.75 Å². The van der Waals surface area contributed by atoms with Crippen molar-refractivity contribution >= 4 is 10.8 Å². The topological polar surface area (TPSA) is 27.7 Å². The summed E-state index contributed by atoms with van der Waals surface area (Å²) in [5, 5.41) is 2.17. The second-order valence-electron chi connectivity index (χ2n) is 8.41. The van der Waals surface area contributed by atoms with Gasteiger partial charge in [-0.3, -0.25) is 0 Å². The van der Waals surface area contributed by atoms with Crippen LogP contribution in [0.5, 0.6) is 17.2 Å². The van der Waals surface area contributed by atoms with E-state index in [9.17, 15) is 0 Å². The van der Waals surface area contributed by atoms with Gasteiger partial charge in [-0.1, -0.05) is 84.4 Å². The molecule has 0 amide bonds. The van der Waals surface area contributed by atoms with E-state index in [0.29, 0.717) is 18.4 Å². The third-order valence-corrected chi connectivity index (χ3v) is 6.17. The lowest BCUT2D eigenvalue weighted by Crippen LogP contribution is -2.13. The second kappa shape index (κ2) is 13.4. The summed E-state index contributed by atoms with van der Waals surface area (Å²) in [7, 11) is 1.71. The number of ether oxygens (including phenoxy) is 3. The lowest BCUT2D eigenvalue weighted by Gasteiger charge is -2.21. The molecule has 2 atom stereocenters. The average Bonchev–Trinajstić information content (AvgIpc) is 2.79. The van der Waals surface area contributed by atoms with Gasteiger partial charge in [0.05, 0.1) is 25.7 Å². The van der Waals surface area contributed by atoms with Gasteiger partial charge in [0.2, 0.25) is 0 Å². The highest BCUT2D eigenvalue weighted by Crippen LogP contribution is 2.41. The molecule has 3 heteroatoms. The molecule has 2 aromatic carbocycles. The van der Waals surface area contributed by atoms with Crippen LogP contribution >= 0.6 is 0 Å². The fourth-order valence-electron chi connectivity index (χ4n) is 3.92. The summed E-state index contributed by atoms with van der Waals surface area (Å²) in [6.45, 7) is 10.5. The molecule has 30 heavy (non-hydrogen) atoms. The molecule has 0 saturated carbocycles. The maximum absolute atomic E-state index is 6.43. The Balaban J connectivity index is 2.28. The Kier molecular flexibility index (Phi) is 10.9. The summed E-state index contributed by atoms with van der Waals surface area (Å²) >= 11 is 0. The smallest absolute Gasteiger partial charge is 0.172 e. The van der Waals surface area contributed by atoms with Gasteiger partial charge in [0.25, 0.3) is 0 Å². The Labute approximate surface area is 184 Å². The third kappa shape index (κ3) is 6.82. The van der Waals surface area contributed by atoms with E-state index in [1.165, 1.54) is 38.5 Å². The third-order valence-electron chi connectivity index (χ3n) is 6.17. The minimum absolute atomic E-state index is 0.566. The predicted octanol–water partition coefficient (Wildman–Crippen LogP) is 8.04. The van der Waals surface area contributed by atoms with E-state index >= 15 is 0 Å². The fourth-order valence-corrected chi connectivity index (χ4v) is 3.92. The maximum atomic E-state index is 6.43. The molecule has 0 heterocycles. The van der Waals surface area contributed by atoms with Gasteiger partial charge < -0.3 is 14.2 Å². The number of hydrogen-bond acceptors (Lipinski definition) is 3. The number of rotatable bonds is 15. The molecule has 3 nitrogen and oxygen atoms in total.